The van der Waals surface area contributed by atoms with E-state index < -0.39 is 29.7 Å². The molecular weight excluding hydrogens is 335 g/mol. The molecule has 0 heterocycles. The maximum atomic E-state index is 12.7. The Bertz CT molecular complexity index is 610. The zero-order valence-corrected chi connectivity index (χ0v) is 14.1. The van der Waals surface area contributed by atoms with Gasteiger partial charge >= 0.3 is 12.1 Å². The number of carbonyl (C=O) groups excluding carboxylic acids is 2. The van der Waals surface area contributed by atoms with Gasteiger partial charge in [0.25, 0.3) is 5.91 Å². The van der Waals surface area contributed by atoms with Crippen LogP contribution in [0.5, 0.6) is 0 Å². The molecule has 25 heavy (non-hydrogen) atoms. The lowest BCUT2D eigenvalue weighted by molar-refractivity contribution is -0.137. The molecule has 0 bridgehead atoms. The van der Waals surface area contributed by atoms with E-state index in [4.69, 9.17) is 4.74 Å². The molecule has 1 N–H and O–H groups in total. The van der Waals surface area contributed by atoms with Gasteiger partial charge in [-0.3, -0.25) is 4.79 Å². The van der Waals surface area contributed by atoms with E-state index in [1.165, 1.54) is 19.4 Å². The first-order chi connectivity index (χ1) is 11.8. The van der Waals surface area contributed by atoms with Crippen molar-refractivity contribution in [2.75, 3.05) is 6.54 Å². The number of rotatable bonds is 5. The second-order valence-electron chi connectivity index (χ2n) is 6.38. The summed E-state index contributed by atoms with van der Waals surface area (Å²) in [6.45, 7) is 1.94. The van der Waals surface area contributed by atoms with E-state index in [9.17, 15) is 22.8 Å². The minimum absolute atomic E-state index is 0.234. The fourth-order valence-electron chi connectivity index (χ4n) is 2.88. The Labute approximate surface area is 144 Å². The number of amides is 1. The van der Waals surface area contributed by atoms with Crippen LogP contribution in [0, 0.1) is 5.92 Å². The van der Waals surface area contributed by atoms with E-state index in [0.29, 0.717) is 12.5 Å². The standard InChI is InChI=1S/C18H22F3NO3/c1-12(16(23)22-11-13-6-3-2-4-7-13)25-17(24)14-8-5-9-15(10-14)18(19,20)21/h5,8-10,12-13H,2-4,6-7,11H2,1H3,(H,22,23). The Balaban J connectivity index is 1.87. The molecule has 1 aliphatic rings. The van der Waals surface area contributed by atoms with E-state index in [1.807, 2.05) is 0 Å². The van der Waals surface area contributed by atoms with E-state index >= 15 is 0 Å². The van der Waals surface area contributed by atoms with Crippen LogP contribution in [-0.2, 0) is 15.7 Å². The highest BCUT2D eigenvalue weighted by Gasteiger charge is 2.31. The predicted octanol–water partition coefficient (Wildman–Crippen LogP) is 3.95. The maximum absolute atomic E-state index is 12.7. The number of esters is 1. The highest BCUT2D eigenvalue weighted by Crippen LogP contribution is 2.29. The molecule has 2 rings (SSSR count). The van der Waals surface area contributed by atoms with Crippen LogP contribution in [0.25, 0.3) is 0 Å². The van der Waals surface area contributed by atoms with Gasteiger partial charge in [-0.2, -0.15) is 13.2 Å². The first-order valence-electron chi connectivity index (χ1n) is 8.43. The van der Waals surface area contributed by atoms with Gasteiger partial charge in [0.05, 0.1) is 11.1 Å². The third kappa shape index (κ3) is 5.76. The van der Waals surface area contributed by atoms with Crippen LogP contribution in [0.15, 0.2) is 24.3 Å². The summed E-state index contributed by atoms with van der Waals surface area (Å²) in [5.41, 5.74) is -1.17. The summed E-state index contributed by atoms with van der Waals surface area (Å²) in [6.07, 6.45) is 0.0542. The van der Waals surface area contributed by atoms with Gasteiger partial charge in [-0.1, -0.05) is 25.3 Å². The Morgan fingerprint density at radius 3 is 2.56 bits per heavy atom. The Hall–Kier alpha value is -2.05. The molecule has 1 aromatic rings. The quantitative estimate of drug-likeness (QED) is 0.812. The van der Waals surface area contributed by atoms with Gasteiger partial charge in [-0.05, 0) is 43.9 Å². The largest absolute Gasteiger partial charge is 0.449 e. The van der Waals surface area contributed by atoms with Crippen molar-refractivity contribution in [2.24, 2.45) is 5.92 Å². The molecule has 4 nitrogen and oxygen atoms in total. The number of hydrogen-bond donors (Lipinski definition) is 1. The zero-order chi connectivity index (χ0) is 18.4. The van der Waals surface area contributed by atoms with Crippen molar-refractivity contribution in [3.05, 3.63) is 35.4 Å². The molecule has 138 valence electrons. The molecule has 1 aliphatic carbocycles. The fourth-order valence-corrected chi connectivity index (χ4v) is 2.88. The van der Waals surface area contributed by atoms with E-state index in [2.05, 4.69) is 5.32 Å². The smallest absolute Gasteiger partial charge is 0.416 e. The number of carbonyl (C=O) groups is 2. The number of hydrogen-bond acceptors (Lipinski definition) is 3. The van der Waals surface area contributed by atoms with Crippen molar-refractivity contribution in [1.82, 2.24) is 5.32 Å². The second-order valence-corrected chi connectivity index (χ2v) is 6.38. The lowest BCUT2D eigenvalue weighted by atomic mass is 9.89. The summed E-state index contributed by atoms with van der Waals surface area (Å²) in [6, 6.07) is 3.95. The lowest BCUT2D eigenvalue weighted by Crippen LogP contribution is -2.38. The van der Waals surface area contributed by atoms with E-state index in [0.717, 1.165) is 43.9 Å². The molecular formula is C18H22F3NO3. The number of benzene rings is 1. The molecule has 0 aromatic heterocycles. The SMILES string of the molecule is CC(OC(=O)c1cccc(C(F)(F)F)c1)C(=O)NCC1CCCCC1. The normalized spacial score (nSPS) is 17.0. The van der Waals surface area contributed by atoms with E-state index in [-0.39, 0.29) is 5.56 Å². The highest BCUT2D eigenvalue weighted by atomic mass is 19.4. The van der Waals surface area contributed by atoms with Crippen LogP contribution in [0.2, 0.25) is 0 Å². The van der Waals surface area contributed by atoms with Gasteiger partial charge < -0.3 is 10.1 Å². The Morgan fingerprint density at radius 1 is 1.24 bits per heavy atom. The average Bonchev–Trinajstić information content (AvgIpc) is 2.59. The lowest BCUT2D eigenvalue weighted by Gasteiger charge is -2.22. The molecule has 0 aliphatic heterocycles. The van der Waals surface area contributed by atoms with Crippen LogP contribution in [0.4, 0.5) is 13.2 Å². The van der Waals surface area contributed by atoms with Crippen LogP contribution >= 0.6 is 0 Å². The first-order valence-corrected chi connectivity index (χ1v) is 8.43. The fraction of sp³-hybridized carbons (Fsp3) is 0.556. The van der Waals surface area contributed by atoms with Gasteiger partial charge in [0.15, 0.2) is 6.10 Å². The van der Waals surface area contributed by atoms with Gasteiger partial charge in [-0.15, -0.1) is 0 Å². The molecule has 7 heteroatoms. The summed E-state index contributed by atoms with van der Waals surface area (Å²) < 4.78 is 43.0. The Morgan fingerprint density at radius 2 is 1.92 bits per heavy atom. The minimum Gasteiger partial charge on any atom is -0.449 e. The molecule has 0 saturated heterocycles. The van der Waals surface area contributed by atoms with Crippen molar-refractivity contribution in [2.45, 2.75) is 51.3 Å². The predicted molar refractivity (Wildman–Crippen MR) is 85.9 cm³/mol. The number of alkyl halides is 3. The third-order valence-electron chi connectivity index (χ3n) is 4.37. The highest BCUT2D eigenvalue weighted by molar-refractivity contribution is 5.92. The van der Waals surface area contributed by atoms with Crippen LogP contribution < -0.4 is 5.32 Å². The molecule has 1 unspecified atom stereocenters. The molecule has 1 atom stereocenters. The van der Waals surface area contributed by atoms with Crippen LogP contribution in [-0.4, -0.2) is 24.5 Å². The van der Waals surface area contributed by atoms with Crippen LogP contribution in [0.1, 0.15) is 54.9 Å². The van der Waals surface area contributed by atoms with E-state index in [1.54, 1.807) is 0 Å². The molecule has 0 spiro atoms. The van der Waals surface area contributed by atoms with Gasteiger partial charge in [-0.25, -0.2) is 4.79 Å². The summed E-state index contributed by atoms with van der Waals surface area (Å²) in [5, 5.41) is 2.75. The average molecular weight is 357 g/mol. The molecule has 0 radical (unpaired) electrons. The van der Waals surface area contributed by atoms with Gasteiger partial charge in [0, 0.05) is 6.54 Å². The second kappa shape index (κ2) is 8.36. The number of ether oxygens (including phenoxy) is 1. The number of nitrogens with one attached hydrogen (secondary N) is 1. The van der Waals surface area contributed by atoms with Crippen molar-refractivity contribution in [3.8, 4) is 0 Å². The summed E-state index contributed by atoms with van der Waals surface area (Å²) in [4.78, 5) is 24.0. The maximum Gasteiger partial charge on any atom is 0.416 e. The molecule has 1 aromatic carbocycles. The Kier molecular flexibility index (Phi) is 6.45. The summed E-state index contributed by atoms with van der Waals surface area (Å²) in [7, 11) is 0. The minimum atomic E-state index is -4.54. The topological polar surface area (TPSA) is 55.4 Å². The van der Waals surface area contributed by atoms with Crippen molar-refractivity contribution >= 4 is 11.9 Å². The van der Waals surface area contributed by atoms with Crippen LogP contribution in [0.3, 0.4) is 0 Å². The number of halogens is 3. The van der Waals surface area contributed by atoms with Crippen molar-refractivity contribution in [3.63, 3.8) is 0 Å². The third-order valence-corrected chi connectivity index (χ3v) is 4.37. The molecule has 1 saturated carbocycles. The molecule has 1 fully saturated rings. The summed E-state index contributed by atoms with van der Waals surface area (Å²) in [5.74, 6) is -0.957. The van der Waals surface area contributed by atoms with Gasteiger partial charge in [0.2, 0.25) is 0 Å². The van der Waals surface area contributed by atoms with Crippen molar-refractivity contribution < 1.29 is 27.5 Å². The van der Waals surface area contributed by atoms with Crippen molar-refractivity contribution in [1.29, 1.82) is 0 Å². The van der Waals surface area contributed by atoms with Gasteiger partial charge in [0.1, 0.15) is 0 Å². The summed E-state index contributed by atoms with van der Waals surface area (Å²) >= 11 is 0. The first kappa shape index (κ1) is 19.3. The molecule has 1 amide bonds. The monoisotopic (exact) mass is 357 g/mol. The zero-order valence-electron chi connectivity index (χ0n) is 14.1.